The minimum Gasteiger partial charge on any atom is -0.392 e. The zero-order valence-corrected chi connectivity index (χ0v) is 10.4. The molecule has 1 fully saturated rings. The van der Waals surface area contributed by atoms with Gasteiger partial charge in [0.05, 0.1) is 6.10 Å². The first kappa shape index (κ1) is 12.4. The molecular weight excluding hydrogens is 208 g/mol. The topological polar surface area (TPSA) is 20.2 Å². The van der Waals surface area contributed by atoms with Crippen LogP contribution in [0, 0.1) is 0 Å². The molecule has 0 amide bonds. The second kappa shape index (κ2) is 5.50. The second-order valence-electron chi connectivity index (χ2n) is 5.12. The van der Waals surface area contributed by atoms with Crippen molar-refractivity contribution in [2.75, 3.05) is 0 Å². The van der Waals surface area contributed by atoms with E-state index in [0.717, 1.165) is 12.8 Å². The SMILES string of the molecule is C=CCC(O)C1(c2ccccc2)CCCCC1. The number of hydrogen-bond acceptors (Lipinski definition) is 1. The fraction of sp³-hybridized carbons (Fsp3) is 0.500. The third kappa shape index (κ3) is 2.44. The second-order valence-corrected chi connectivity index (χ2v) is 5.12. The lowest BCUT2D eigenvalue weighted by Gasteiger charge is -2.41. The van der Waals surface area contributed by atoms with E-state index in [1.807, 2.05) is 12.1 Å². The number of hydrogen-bond donors (Lipinski definition) is 1. The monoisotopic (exact) mass is 230 g/mol. The summed E-state index contributed by atoms with van der Waals surface area (Å²) in [6.45, 7) is 3.76. The van der Waals surface area contributed by atoms with Crippen LogP contribution < -0.4 is 0 Å². The molecule has 1 aliphatic carbocycles. The molecular formula is C16H22O. The Hall–Kier alpha value is -1.08. The van der Waals surface area contributed by atoms with Crippen molar-refractivity contribution in [3.05, 3.63) is 48.6 Å². The summed E-state index contributed by atoms with van der Waals surface area (Å²) < 4.78 is 0. The van der Waals surface area contributed by atoms with E-state index in [2.05, 4.69) is 30.8 Å². The molecule has 0 radical (unpaired) electrons. The molecule has 0 saturated heterocycles. The molecule has 1 aromatic carbocycles. The molecule has 1 aromatic rings. The zero-order valence-electron chi connectivity index (χ0n) is 10.4. The smallest absolute Gasteiger partial charge is 0.0671 e. The van der Waals surface area contributed by atoms with Crippen molar-refractivity contribution in [1.82, 2.24) is 0 Å². The van der Waals surface area contributed by atoms with Gasteiger partial charge in [-0.2, -0.15) is 0 Å². The van der Waals surface area contributed by atoms with Gasteiger partial charge in [0.15, 0.2) is 0 Å². The maximum atomic E-state index is 10.5. The lowest BCUT2D eigenvalue weighted by atomic mass is 9.65. The molecule has 0 spiro atoms. The average Bonchev–Trinajstić information content (AvgIpc) is 2.41. The van der Waals surface area contributed by atoms with E-state index < -0.39 is 0 Å². The van der Waals surface area contributed by atoms with Crippen LogP contribution in [0.5, 0.6) is 0 Å². The Morgan fingerprint density at radius 2 is 1.82 bits per heavy atom. The number of benzene rings is 1. The Morgan fingerprint density at radius 3 is 2.41 bits per heavy atom. The van der Waals surface area contributed by atoms with Gasteiger partial charge in [-0.25, -0.2) is 0 Å². The summed E-state index contributed by atoms with van der Waals surface area (Å²) >= 11 is 0. The van der Waals surface area contributed by atoms with Crippen LogP contribution in [0.1, 0.15) is 44.1 Å². The molecule has 92 valence electrons. The van der Waals surface area contributed by atoms with Crippen molar-refractivity contribution in [3.8, 4) is 0 Å². The van der Waals surface area contributed by atoms with Gasteiger partial charge >= 0.3 is 0 Å². The van der Waals surface area contributed by atoms with Gasteiger partial charge in [-0.15, -0.1) is 6.58 Å². The molecule has 1 heteroatoms. The lowest BCUT2D eigenvalue weighted by Crippen LogP contribution is -2.41. The highest BCUT2D eigenvalue weighted by Crippen LogP contribution is 2.43. The van der Waals surface area contributed by atoms with E-state index in [1.165, 1.54) is 24.8 Å². The van der Waals surface area contributed by atoms with Gasteiger partial charge in [-0.05, 0) is 24.8 Å². The summed E-state index contributed by atoms with van der Waals surface area (Å²) in [7, 11) is 0. The number of rotatable bonds is 4. The van der Waals surface area contributed by atoms with Crippen molar-refractivity contribution in [2.45, 2.75) is 50.0 Å². The van der Waals surface area contributed by atoms with Crippen LogP contribution in [0.4, 0.5) is 0 Å². The van der Waals surface area contributed by atoms with Crippen molar-refractivity contribution in [1.29, 1.82) is 0 Å². The number of aliphatic hydroxyl groups excluding tert-OH is 1. The summed E-state index contributed by atoms with van der Waals surface area (Å²) in [5, 5.41) is 10.5. The first-order valence-corrected chi connectivity index (χ1v) is 6.64. The van der Waals surface area contributed by atoms with Gasteiger partial charge in [0, 0.05) is 5.41 Å². The number of aliphatic hydroxyl groups is 1. The first-order valence-electron chi connectivity index (χ1n) is 6.64. The minimum absolute atomic E-state index is 0.0340. The Labute approximate surface area is 104 Å². The minimum atomic E-state index is -0.289. The van der Waals surface area contributed by atoms with E-state index in [1.54, 1.807) is 0 Å². The fourth-order valence-corrected chi connectivity index (χ4v) is 3.15. The molecule has 1 N–H and O–H groups in total. The van der Waals surface area contributed by atoms with Crippen LogP contribution in [0.3, 0.4) is 0 Å². The van der Waals surface area contributed by atoms with Crippen LogP contribution in [0.25, 0.3) is 0 Å². The largest absolute Gasteiger partial charge is 0.392 e. The average molecular weight is 230 g/mol. The highest BCUT2D eigenvalue weighted by atomic mass is 16.3. The van der Waals surface area contributed by atoms with Gasteiger partial charge in [0.1, 0.15) is 0 Å². The highest BCUT2D eigenvalue weighted by molar-refractivity contribution is 5.28. The van der Waals surface area contributed by atoms with Crippen LogP contribution in [0.2, 0.25) is 0 Å². The molecule has 2 rings (SSSR count). The van der Waals surface area contributed by atoms with Crippen LogP contribution in [0.15, 0.2) is 43.0 Å². The van der Waals surface area contributed by atoms with Gasteiger partial charge in [0.25, 0.3) is 0 Å². The molecule has 1 nitrogen and oxygen atoms in total. The Kier molecular flexibility index (Phi) is 4.01. The van der Waals surface area contributed by atoms with Crippen LogP contribution in [-0.2, 0) is 5.41 Å². The fourth-order valence-electron chi connectivity index (χ4n) is 3.15. The van der Waals surface area contributed by atoms with Gasteiger partial charge in [-0.3, -0.25) is 0 Å². The molecule has 0 aliphatic heterocycles. The van der Waals surface area contributed by atoms with Gasteiger partial charge in [0.2, 0.25) is 0 Å². The van der Waals surface area contributed by atoms with Gasteiger partial charge in [-0.1, -0.05) is 55.7 Å². The van der Waals surface area contributed by atoms with Crippen LogP contribution in [-0.4, -0.2) is 11.2 Å². The van der Waals surface area contributed by atoms with Crippen molar-refractivity contribution >= 4 is 0 Å². The summed E-state index contributed by atoms with van der Waals surface area (Å²) in [6.07, 6.45) is 8.20. The summed E-state index contributed by atoms with van der Waals surface area (Å²) in [5.74, 6) is 0. The molecule has 1 aliphatic rings. The van der Waals surface area contributed by atoms with Crippen molar-refractivity contribution in [3.63, 3.8) is 0 Å². The third-order valence-corrected chi connectivity index (χ3v) is 4.12. The molecule has 1 unspecified atom stereocenters. The maximum absolute atomic E-state index is 10.5. The lowest BCUT2D eigenvalue weighted by molar-refractivity contribution is 0.0561. The Balaban J connectivity index is 2.32. The van der Waals surface area contributed by atoms with E-state index in [9.17, 15) is 5.11 Å². The molecule has 17 heavy (non-hydrogen) atoms. The predicted octanol–water partition coefficient (Wildman–Crippen LogP) is 3.83. The van der Waals surface area contributed by atoms with Crippen molar-refractivity contribution < 1.29 is 5.11 Å². The van der Waals surface area contributed by atoms with E-state index >= 15 is 0 Å². The van der Waals surface area contributed by atoms with Crippen LogP contribution >= 0.6 is 0 Å². The van der Waals surface area contributed by atoms with Crippen molar-refractivity contribution in [2.24, 2.45) is 0 Å². The van der Waals surface area contributed by atoms with E-state index in [4.69, 9.17) is 0 Å². The first-order chi connectivity index (χ1) is 8.29. The predicted molar refractivity (Wildman–Crippen MR) is 72.0 cm³/mol. The normalized spacial score (nSPS) is 20.8. The van der Waals surface area contributed by atoms with E-state index in [0.29, 0.717) is 6.42 Å². The van der Waals surface area contributed by atoms with Gasteiger partial charge < -0.3 is 5.11 Å². The molecule has 0 bridgehead atoms. The van der Waals surface area contributed by atoms with E-state index in [-0.39, 0.29) is 11.5 Å². The maximum Gasteiger partial charge on any atom is 0.0671 e. The quantitative estimate of drug-likeness (QED) is 0.779. The molecule has 0 heterocycles. The standard InChI is InChI=1S/C16H22O/c1-2-9-15(17)16(12-7-4-8-13-16)14-10-5-3-6-11-14/h2-3,5-6,10-11,15,17H,1,4,7-9,12-13H2. The summed E-state index contributed by atoms with van der Waals surface area (Å²) in [4.78, 5) is 0. The Morgan fingerprint density at radius 1 is 1.18 bits per heavy atom. The molecule has 1 atom stereocenters. The molecule has 1 saturated carbocycles. The zero-order chi connectivity index (χ0) is 12.1. The Bertz CT molecular complexity index is 349. The third-order valence-electron chi connectivity index (χ3n) is 4.12. The summed E-state index contributed by atoms with van der Waals surface area (Å²) in [6, 6.07) is 10.5. The summed E-state index contributed by atoms with van der Waals surface area (Å²) in [5.41, 5.74) is 1.27. The molecule has 0 aromatic heterocycles. The highest BCUT2D eigenvalue weighted by Gasteiger charge is 2.39.